The van der Waals surface area contributed by atoms with Crippen molar-refractivity contribution in [2.45, 2.75) is 12.5 Å². The number of benzene rings is 1. The van der Waals surface area contributed by atoms with Gasteiger partial charge in [0.15, 0.2) is 11.5 Å². The monoisotopic (exact) mass is 422 g/mol. The number of nitrogens with zero attached hydrogens (tertiary/aromatic N) is 1. The van der Waals surface area contributed by atoms with Crippen molar-refractivity contribution in [2.24, 2.45) is 0 Å². The molecule has 1 aromatic carbocycles. The third-order valence-electron chi connectivity index (χ3n) is 3.43. The van der Waals surface area contributed by atoms with Crippen molar-refractivity contribution in [2.75, 3.05) is 33.3 Å². The third kappa shape index (κ3) is 4.58. The second kappa shape index (κ2) is 9.72. The molecule has 1 aliphatic rings. The van der Waals surface area contributed by atoms with Gasteiger partial charge in [-0.25, -0.2) is 8.78 Å². The first-order valence-electron chi connectivity index (χ1n) is 6.34. The standard InChI is InChI=1S/C13H17BrF2N2O2.2ClH/c1-20-9-3-2-8(14)10(12(9)19)11(13(15)16)18-6-4-17-5-7-18;;/h2-3,11,13,17,19H,4-7H2,1H3;2*1H/t11-;;/m0../s1. The molecule has 0 unspecified atom stereocenters. The van der Waals surface area contributed by atoms with E-state index in [1.165, 1.54) is 7.11 Å². The van der Waals surface area contributed by atoms with Crippen LogP contribution in [0.4, 0.5) is 8.78 Å². The highest BCUT2D eigenvalue weighted by Crippen LogP contribution is 2.43. The second-order valence-electron chi connectivity index (χ2n) is 4.58. The van der Waals surface area contributed by atoms with Gasteiger partial charge in [-0.3, -0.25) is 4.90 Å². The summed E-state index contributed by atoms with van der Waals surface area (Å²) in [6.07, 6.45) is -2.59. The second-order valence-corrected chi connectivity index (χ2v) is 5.43. The number of aromatic hydroxyl groups is 1. The maximum absolute atomic E-state index is 13.5. The van der Waals surface area contributed by atoms with E-state index in [2.05, 4.69) is 21.2 Å². The van der Waals surface area contributed by atoms with E-state index in [4.69, 9.17) is 4.74 Å². The number of hydrogen-bond donors (Lipinski definition) is 2. The number of phenols is 1. The van der Waals surface area contributed by atoms with Gasteiger partial charge in [0.2, 0.25) is 0 Å². The van der Waals surface area contributed by atoms with E-state index in [-0.39, 0.29) is 41.9 Å². The van der Waals surface area contributed by atoms with Gasteiger partial charge < -0.3 is 15.2 Å². The summed E-state index contributed by atoms with van der Waals surface area (Å²) in [5.41, 5.74) is 0.182. The highest BCUT2D eigenvalue weighted by atomic mass is 79.9. The van der Waals surface area contributed by atoms with Crippen LogP contribution < -0.4 is 10.1 Å². The lowest BCUT2D eigenvalue weighted by molar-refractivity contribution is 0.0165. The maximum Gasteiger partial charge on any atom is 0.258 e. The average molecular weight is 424 g/mol. The predicted molar refractivity (Wildman–Crippen MR) is 90.0 cm³/mol. The van der Waals surface area contributed by atoms with Gasteiger partial charge in [0, 0.05) is 36.2 Å². The van der Waals surface area contributed by atoms with Crippen LogP contribution >= 0.6 is 40.7 Å². The van der Waals surface area contributed by atoms with Crippen molar-refractivity contribution in [1.82, 2.24) is 10.2 Å². The van der Waals surface area contributed by atoms with Crippen molar-refractivity contribution in [3.63, 3.8) is 0 Å². The normalized spacial score (nSPS) is 16.6. The number of alkyl halides is 2. The summed E-state index contributed by atoms with van der Waals surface area (Å²) < 4.78 is 32.5. The van der Waals surface area contributed by atoms with Crippen LogP contribution in [0.3, 0.4) is 0 Å². The summed E-state index contributed by atoms with van der Waals surface area (Å²) >= 11 is 3.25. The number of hydrogen-bond acceptors (Lipinski definition) is 4. The molecule has 128 valence electrons. The van der Waals surface area contributed by atoms with Crippen LogP contribution in [-0.2, 0) is 0 Å². The van der Waals surface area contributed by atoms with Crippen molar-refractivity contribution in [3.05, 3.63) is 22.2 Å². The molecule has 1 saturated heterocycles. The molecule has 1 atom stereocenters. The number of phenolic OH excluding ortho intramolecular Hbond substituents is 1. The Balaban J connectivity index is 0.00000220. The van der Waals surface area contributed by atoms with Crippen LogP contribution in [0, 0.1) is 0 Å². The molecule has 9 heteroatoms. The van der Waals surface area contributed by atoms with E-state index in [1.54, 1.807) is 17.0 Å². The number of ether oxygens (including phenoxy) is 1. The van der Waals surface area contributed by atoms with E-state index in [0.717, 1.165) is 0 Å². The molecule has 2 rings (SSSR count). The Labute approximate surface area is 149 Å². The number of piperazine rings is 1. The molecule has 0 aromatic heterocycles. The summed E-state index contributed by atoms with van der Waals surface area (Å²) in [7, 11) is 1.40. The summed E-state index contributed by atoms with van der Waals surface area (Å²) in [6.45, 7) is 2.34. The van der Waals surface area contributed by atoms with Crippen LogP contribution in [0.2, 0.25) is 0 Å². The summed E-state index contributed by atoms with van der Waals surface area (Å²) in [6, 6.07) is 2.01. The van der Waals surface area contributed by atoms with Crippen LogP contribution in [0.15, 0.2) is 16.6 Å². The maximum atomic E-state index is 13.5. The van der Waals surface area contributed by atoms with Crippen LogP contribution in [0.25, 0.3) is 0 Å². The molecule has 4 nitrogen and oxygen atoms in total. The molecule has 0 saturated carbocycles. The van der Waals surface area contributed by atoms with Crippen molar-refractivity contribution >= 4 is 40.7 Å². The quantitative estimate of drug-likeness (QED) is 0.780. The Morgan fingerprint density at radius 2 is 1.86 bits per heavy atom. The minimum atomic E-state index is -2.59. The molecule has 2 N–H and O–H groups in total. The fourth-order valence-corrected chi connectivity index (χ4v) is 2.99. The van der Waals surface area contributed by atoms with Crippen molar-refractivity contribution < 1.29 is 18.6 Å². The number of nitrogens with one attached hydrogen (secondary N) is 1. The predicted octanol–water partition coefficient (Wildman–Crippen LogP) is 3.22. The molecule has 1 aliphatic heterocycles. The van der Waals surface area contributed by atoms with Gasteiger partial charge in [-0.2, -0.15) is 0 Å². The lowest BCUT2D eigenvalue weighted by atomic mass is 10.0. The summed E-state index contributed by atoms with van der Waals surface area (Å²) in [5.74, 6) is -0.0327. The van der Waals surface area contributed by atoms with Crippen LogP contribution in [-0.4, -0.2) is 49.7 Å². The van der Waals surface area contributed by atoms with Gasteiger partial charge >= 0.3 is 0 Å². The fraction of sp³-hybridized carbons (Fsp3) is 0.538. The Hall–Kier alpha value is -0.340. The minimum absolute atomic E-state index is 0. The Bertz CT molecular complexity index is 478. The highest BCUT2D eigenvalue weighted by molar-refractivity contribution is 9.10. The molecule has 0 spiro atoms. The Morgan fingerprint density at radius 1 is 1.27 bits per heavy atom. The zero-order valence-corrected chi connectivity index (χ0v) is 15.1. The molecular formula is C13H19BrCl2F2N2O2. The minimum Gasteiger partial charge on any atom is -0.504 e. The van der Waals surface area contributed by atoms with Gasteiger partial charge in [0.1, 0.15) is 6.04 Å². The Morgan fingerprint density at radius 3 is 2.36 bits per heavy atom. The van der Waals surface area contributed by atoms with Crippen LogP contribution in [0.1, 0.15) is 11.6 Å². The topological polar surface area (TPSA) is 44.7 Å². The number of halogens is 5. The fourth-order valence-electron chi connectivity index (χ4n) is 2.44. The van der Waals surface area contributed by atoms with E-state index in [9.17, 15) is 13.9 Å². The largest absolute Gasteiger partial charge is 0.504 e. The molecule has 1 fully saturated rings. The molecule has 0 radical (unpaired) electrons. The SMILES string of the molecule is COc1ccc(Br)c([C@@H](C(F)F)N2CCNCC2)c1O.Cl.Cl. The van der Waals surface area contributed by atoms with E-state index >= 15 is 0 Å². The van der Waals surface area contributed by atoms with Crippen LogP contribution in [0.5, 0.6) is 11.5 Å². The highest BCUT2D eigenvalue weighted by Gasteiger charge is 2.34. The molecule has 0 aliphatic carbocycles. The lowest BCUT2D eigenvalue weighted by Crippen LogP contribution is -2.47. The third-order valence-corrected chi connectivity index (χ3v) is 4.12. The first kappa shape index (κ1) is 21.7. The van der Waals surface area contributed by atoms with E-state index < -0.39 is 12.5 Å². The summed E-state index contributed by atoms with van der Waals surface area (Å²) in [5, 5.41) is 13.3. The Kier molecular flexibility index (Phi) is 9.57. The first-order chi connectivity index (χ1) is 9.56. The van der Waals surface area contributed by atoms with Crippen molar-refractivity contribution in [1.29, 1.82) is 0 Å². The zero-order chi connectivity index (χ0) is 14.7. The zero-order valence-electron chi connectivity index (χ0n) is 11.9. The van der Waals surface area contributed by atoms with Gasteiger partial charge in [-0.05, 0) is 12.1 Å². The summed E-state index contributed by atoms with van der Waals surface area (Å²) in [4.78, 5) is 1.68. The lowest BCUT2D eigenvalue weighted by Gasteiger charge is -2.35. The molecule has 22 heavy (non-hydrogen) atoms. The van der Waals surface area contributed by atoms with Gasteiger partial charge in [-0.1, -0.05) is 15.9 Å². The number of rotatable bonds is 4. The molecular weight excluding hydrogens is 405 g/mol. The number of methoxy groups -OCH3 is 1. The van der Waals surface area contributed by atoms with Gasteiger partial charge in [0.05, 0.1) is 7.11 Å². The smallest absolute Gasteiger partial charge is 0.258 e. The van der Waals surface area contributed by atoms with E-state index in [1.807, 2.05) is 0 Å². The van der Waals surface area contributed by atoms with Gasteiger partial charge in [-0.15, -0.1) is 24.8 Å². The van der Waals surface area contributed by atoms with Crippen molar-refractivity contribution in [3.8, 4) is 11.5 Å². The molecule has 1 heterocycles. The molecule has 1 aromatic rings. The molecule has 0 bridgehead atoms. The first-order valence-corrected chi connectivity index (χ1v) is 7.13. The van der Waals surface area contributed by atoms with Gasteiger partial charge in [0.25, 0.3) is 6.43 Å². The van der Waals surface area contributed by atoms with E-state index in [0.29, 0.717) is 30.7 Å². The average Bonchev–Trinajstić information content (AvgIpc) is 2.44. The molecule has 0 amide bonds.